The van der Waals surface area contributed by atoms with Gasteiger partial charge in [0.1, 0.15) is 6.10 Å². The summed E-state index contributed by atoms with van der Waals surface area (Å²) in [5.41, 5.74) is 1.63. The minimum Gasteiger partial charge on any atom is -0.370 e. The minimum atomic E-state index is -0.279. The first-order valence-corrected chi connectivity index (χ1v) is 6.26. The zero-order valence-corrected chi connectivity index (χ0v) is 10.3. The highest BCUT2D eigenvalue weighted by molar-refractivity contribution is 6.02. The van der Waals surface area contributed by atoms with E-state index in [0.717, 1.165) is 17.3 Å². The largest absolute Gasteiger partial charge is 0.370 e. The first kappa shape index (κ1) is 11.4. The van der Waals surface area contributed by atoms with E-state index in [1.165, 1.54) is 0 Å². The number of hydrogen-bond donors (Lipinski definition) is 0. The van der Waals surface area contributed by atoms with E-state index in [9.17, 15) is 4.79 Å². The van der Waals surface area contributed by atoms with Crippen molar-refractivity contribution in [3.05, 3.63) is 42.1 Å². The van der Waals surface area contributed by atoms with Crippen LogP contribution in [-0.4, -0.2) is 23.5 Å². The van der Waals surface area contributed by atoms with Crippen molar-refractivity contribution in [2.75, 3.05) is 6.61 Å². The van der Waals surface area contributed by atoms with Gasteiger partial charge in [-0.3, -0.25) is 9.78 Å². The molecule has 0 amide bonds. The van der Waals surface area contributed by atoms with Gasteiger partial charge in [0.05, 0.1) is 5.52 Å². The lowest BCUT2D eigenvalue weighted by Crippen LogP contribution is -2.25. The molecule has 1 aliphatic rings. The average Bonchev–Trinajstić information content (AvgIpc) is 2.83. The zero-order chi connectivity index (χ0) is 12.5. The number of fused-ring (bicyclic) bond motifs is 1. The van der Waals surface area contributed by atoms with Crippen LogP contribution in [-0.2, 0) is 4.74 Å². The molecule has 1 aliphatic heterocycles. The maximum atomic E-state index is 12.4. The van der Waals surface area contributed by atoms with E-state index in [4.69, 9.17) is 4.74 Å². The molecule has 2 atom stereocenters. The van der Waals surface area contributed by atoms with E-state index in [1.807, 2.05) is 30.3 Å². The lowest BCUT2D eigenvalue weighted by atomic mass is 9.95. The van der Waals surface area contributed by atoms with Crippen molar-refractivity contribution in [3.8, 4) is 0 Å². The van der Waals surface area contributed by atoms with E-state index in [1.54, 1.807) is 6.20 Å². The highest BCUT2D eigenvalue weighted by Gasteiger charge is 2.31. The van der Waals surface area contributed by atoms with Crippen LogP contribution in [0.1, 0.15) is 23.7 Å². The number of nitrogens with zero attached hydrogens (tertiary/aromatic N) is 1. The Morgan fingerprint density at radius 3 is 3.06 bits per heavy atom. The number of ketones is 1. The fourth-order valence-electron chi connectivity index (χ4n) is 2.42. The Bertz CT molecular complexity index is 594. The summed E-state index contributed by atoms with van der Waals surface area (Å²) in [6, 6.07) is 9.48. The molecule has 1 fully saturated rings. The van der Waals surface area contributed by atoms with Gasteiger partial charge in [0.15, 0.2) is 5.78 Å². The van der Waals surface area contributed by atoms with Gasteiger partial charge in [0.2, 0.25) is 0 Å². The molecule has 0 saturated carbocycles. The number of benzene rings is 1. The highest BCUT2D eigenvalue weighted by atomic mass is 16.5. The van der Waals surface area contributed by atoms with Crippen molar-refractivity contribution in [2.45, 2.75) is 19.4 Å². The molecule has 1 saturated heterocycles. The molecule has 3 heteroatoms. The van der Waals surface area contributed by atoms with E-state index in [0.29, 0.717) is 18.1 Å². The van der Waals surface area contributed by atoms with Gasteiger partial charge in [-0.15, -0.1) is 0 Å². The Labute approximate surface area is 106 Å². The predicted molar refractivity (Wildman–Crippen MR) is 69.6 cm³/mol. The summed E-state index contributed by atoms with van der Waals surface area (Å²) in [6.07, 6.45) is 2.44. The molecule has 0 radical (unpaired) electrons. The smallest absolute Gasteiger partial charge is 0.191 e. The number of Topliss-reactive ketones (excluding diaryl/α,β-unsaturated/α-hetero) is 1. The van der Waals surface area contributed by atoms with Gasteiger partial charge in [0.25, 0.3) is 0 Å². The Kier molecular flexibility index (Phi) is 2.84. The van der Waals surface area contributed by atoms with Crippen LogP contribution < -0.4 is 0 Å². The third-order valence-electron chi connectivity index (χ3n) is 3.53. The van der Waals surface area contributed by atoms with Crippen LogP contribution in [0.5, 0.6) is 0 Å². The lowest BCUT2D eigenvalue weighted by Gasteiger charge is -2.13. The molecule has 3 rings (SSSR count). The fourth-order valence-corrected chi connectivity index (χ4v) is 2.42. The molecule has 1 aromatic carbocycles. The topological polar surface area (TPSA) is 39.2 Å². The number of aromatic nitrogens is 1. The number of carbonyl (C=O) groups is 1. The molecule has 2 aromatic rings. The van der Waals surface area contributed by atoms with Crippen LogP contribution in [0.2, 0.25) is 0 Å². The van der Waals surface area contributed by atoms with E-state index < -0.39 is 0 Å². The standard InChI is InChI=1S/C15H15NO2/c1-10-6-8-18-15(10)14(17)12-4-5-13-11(9-12)3-2-7-16-13/h2-5,7,9-10,15H,6,8H2,1H3. The molecule has 92 valence electrons. The molecule has 0 aliphatic carbocycles. The van der Waals surface area contributed by atoms with E-state index >= 15 is 0 Å². The summed E-state index contributed by atoms with van der Waals surface area (Å²) in [5.74, 6) is 0.396. The Hall–Kier alpha value is -1.74. The second kappa shape index (κ2) is 4.50. The van der Waals surface area contributed by atoms with Crippen LogP contribution in [0.3, 0.4) is 0 Å². The highest BCUT2D eigenvalue weighted by Crippen LogP contribution is 2.24. The number of carbonyl (C=O) groups excluding carboxylic acids is 1. The van der Waals surface area contributed by atoms with Gasteiger partial charge >= 0.3 is 0 Å². The van der Waals surface area contributed by atoms with Gasteiger partial charge in [-0.2, -0.15) is 0 Å². The van der Waals surface area contributed by atoms with E-state index in [-0.39, 0.29) is 11.9 Å². The van der Waals surface area contributed by atoms with E-state index in [2.05, 4.69) is 11.9 Å². The lowest BCUT2D eigenvalue weighted by molar-refractivity contribution is 0.0579. The van der Waals surface area contributed by atoms with Crippen LogP contribution in [0.15, 0.2) is 36.5 Å². The van der Waals surface area contributed by atoms with Crippen molar-refractivity contribution in [1.29, 1.82) is 0 Å². The molecule has 0 N–H and O–H groups in total. The molecule has 3 nitrogen and oxygen atoms in total. The van der Waals surface area contributed by atoms with Gasteiger partial charge in [-0.1, -0.05) is 13.0 Å². The third kappa shape index (κ3) is 1.91. The molecule has 18 heavy (non-hydrogen) atoms. The SMILES string of the molecule is CC1CCOC1C(=O)c1ccc2ncccc2c1. The number of rotatable bonds is 2. The number of hydrogen-bond acceptors (Lipinski definition) is 3. The summed E-state index contributed by atoms with van der Waals surface area (Å²) in [4.78, 5) is 16.6. The van der Waals surface area contributed by atoms with Crippen molar-refractivity contribution in [1.82, 2.24) is 4.98 Å². The minimum absolute atomic E-state index is 0.0887. The van der Waals surface area contributed by atoms with Crippen molar-refractivity contribution >= 4 is 16.7 Å². The number of ether oxygens (including phenoxy) is 1. The summed E-state index contributed by atoms with van der Waals surface area (Å²) in [7, 11) is 0. The van der Waals surface area contributed by atoms with Crippen molar-refractivity contribution in [3.63, 3.8) is 0 Å². The quantitative estimate of drug-likeness (QED) is 0.759. The van der Waals surface area contributed by atoms with Crippen molar-refractivity contribution < 1.29 is 9.53 Å². The zero-order valence-electron chi connectivity index (χ0n) is 10.3. The molecular weight excluding hydrogens is 226 g/mol. The normalized spacial score (nSPS) is 23.4. The second-order valence-corrected chi connectivity index (χ2v) is 4.83. The fraction of sp³-hybridized carbons (Fsp3) is 0.333. The van der Waals surface area contributed by atoms with Crippen LogP contribution in [0.4, 0.5) is 0 Å². The van der Waals surface area contributed by atoms with Crippen LogP contribution in [0.25, 0.3) is 10.9 Å². The molecule has 1 aromatic heterocycles. The number of pyridine rings is 1. The molecule has 2 unspecified atom stereocenters. The van der Waals surface area contributed by atoms with Gasteiger partial charge < -0.3 is 4.74 Å². The summed E-state index contributed by atoms with van der Waals surface area (Å²) >= 11 is 0. The Morgan fingerprint density at radius 1 is 1.39 bits per heavy atom. The first-order chi connectivity index (χ1) is 8.75. The van der Waals surface area contributed by atoms with Gasteiger partial charge in [-0.05, 0) is 36.6 Å². The predicted octanol–water partition coefficient (Wildman–Crippen LogP) is 2.84. The summed E-state index contributed by atoms with van der Waals surface area (Å²) < 4.78 is 5.53. The van der Waals surface area contributed by atoms with Crippen LogP contribution >= 0.6 is 0 Å². The van der Waals surface area contributed by atoms with Crippen molar-refractivity contribution in [2.24, 2.45) is 5.92 Å². The Balaban J connectivity index is 1.96. The molecule has 0 spiro atoms. The monoisotopic (exact) mass is 241 g/mol. The molecule has 0 bridgehead atoms. The maximum absolute atomic E-state index is 12.4. The third-order valence-corrected chi connectivity index (χ3v) is 3.53. The van der Waals surface area contributed by atoms with Gasteiger partial charge in [0, 0.05) is 23.8 Å². The van der Waals surface area contributed by atoms with Crippen LogP contribution in [0, 0.1) is 5.92 Å². The molecule has 2 heterocycles. The second-order valence-electron chi connectivity index (χ2n) is 4.83. The maximum Gasteiger partial charge on any atom is 0.191 e. The Morgan fingerprint density at radius 2 is 2.28 bits per heavy atom. The molecular formula is C15H15NO2. The average molecular weight is 241 g/mol. The van der Waals surface area contributed by atoms with Gasteiger partial charge in [-0.25, -0.2) is 0 Å². The summed E-state index contributed by atoms with van der Waals surface area (Å²) in [5, 5.41) is 0.994. The first-order valence-electron chi connectivity index (χ1n) is 6.26. The summed E-state index contributed by atoms with van der Waals surface area (Å²) in [6.45, 7) is 2.75.